The summed E-state index contributed by atoms with van der Waals surface area (Å²) < 4.78 is 0. The summed E-state index contributed by atoms with van der Waals surface area (Å²) in [5, 5.41) is 16.2. The van der Waals surface area contributed by atoms with Crippen LogP contribution in [0.2, 0.25) is 0 Å². The lowest BCUT2D eigenvalue weighted by atomic mass is 9.86. The third-order valence-electron chi connectivity index (χ3n) is 2.79. The Morgan fingerprint density at radius 2 is 1.56 bits per heavy atom. The first kappa shape index (κ1) is 14.9. The molecule has 1 rings (SSSR count). The van der Waals surface area contributed by atoms with Crippen molar-refractivity contribution >= 4 is 11.9 Å². The monoisotopic (exact) mass is 230 g/mol. The summed E-state index contributed by atoms with van der Waals surface area (Å²) in [6, 6.07) is 0. The van der Waals surface area contributed by atoms with Gasteiger partial charge in [-0.1, -0.05) is 39.0 Å². The van der Waals surface area contributed by atoms with Crippen molar-refractivity contribution < 1.29 is 19.8 Å². The van der Waals surface area contributed by atoms with E-state index in [1.807, 2.05) is 0 Å². The molecule has 1 aliphatic rings. The summed E-state index contributed by atoms with van der Waals surface area (Å²) in [4.78, 5) is 19.6. The summed E-state index contributed by atoms with van der Waals surface area (Å²) in [5.41, 5.74) is 0. The van der Waals surface area contributed by atoms with Crippen LogP contribution in [0.15, 0.2) is 0 Å². The minimum atomic E-state index is -0.745. The molecule has 0 aliphatic heterocycles. The Labute approximate surface area is 96.7 Å². The van der Waals surface area contributed by atoms with Crippen LogP contribution in [0.5, 0.6) is 0 Å². The first-order chi connectivity index (χ1) is 7.56. The first-order valence-corrected chi connectivity index (χ1v) is 5.99. The number of aliphatic carboxylic acids is 2. The molecule has 94 valence electrons. The number of rotatable bonds is 4. The predicted octanol–water partition coefficient (Wildman–Crippen LogP) is 2.91. The minimum absolute atomic E-state index is 0.222. The van der Waals surface area contributed by atoms with Crippen LogP contribution in [0.1, 0.15) is 58.3 Å². The molecule has 0 heterocycles. The fourth-order valence-corrected chi connectivity index (χ4v) is 1.80. The lowest BCUT2D eigenvalue weighted by molar-refractivity contribution is -0.138. The van der Waals surface area contributed by atoms with Crippen molar-refractivity contribution in [2.24, 2.45) is 5.92 Å². The number of hydrogen-bond acceptors (Lipinski definition) is 2. The SMILES string of the molecule is CCC(=O)O.O=C(O)CCC1CCCCC1. The molecule has 1 aliphatic carbocycles. The van der Waals surface area contributed by atoms with Crippen LogP contribution in [-0.2, 0) is 9.59 Å². The Balaban J connectivity index is 0.000000385. The second-order valence-electron chi connectivity index (χ2n) is 4.18. The van der Waals surface area contributed by atoms with E-state index in [0.29, 0.717) is 12.3 Å². The van der Waals surface area contributed by atoms with E-state index in [0.717, 1.165) is 6.42 Å². The smallest absolute Gasteiger partial charge is 0.303 e. The van der Waals surface area contributed by atoms with E-state index in [1.54, 1.807) is 6.92 Å². The molecule has 0 aromatic rings. The highest BCUT2D eigenvalue weighted by atomic mass is 16.4. The molecule has 0 aromatic heterocycles. The van der Waals surface area contributed by atoms with Gasteiger partial charge in [-0.25, -0.2) is 0 Å². The van der Waals surface area contributed by atoms with Gasteiger partial charge in [0, 0.05) is 12.8 Å². The predicted molar refractivity (Wildman–Crippen MR) is 61.4 cm³/mol. The summed E-state index contributed by atoms with van der Waals surface area (Å²) in [6.45, 7) is 1.60. The molecule has 0 unspecified atom stereocenters. The average Bonchev–Trinajstić information content (AvgIpc) is 2.28. The molecule has 1 saturated carbocycles. The van der Waals surface area contributed by atoms with E-state index in [1.165, 1.54) is 32.1 Å². The summed E-state index contributed by atoms with van der Waals surface area (Å²) in [7, 11) is 0. The lowest BCUT2D eigenvalue weighted by Crippen LogP contribution is -2.08. The van der Waals surface area contributed by atoms with Crippen LogP contribution in [0, 0.1) is 5.92 Å². The van der Waals surface area contributed by atoms with E-state index in [9.17, 15) is 9.59 Å². The van der Waals surface area contributed by atoms with Gasteiger partial charge in [-0.05, 0) is 12.3 Å². The van der Waals surface area contributed by atoms with Crippen molar-refractivity contribution in [3.05, 3.63) is 0 Å². The summed E-state index contributed by atoms with van der Waals surface area (Å²) >= 11 is 0. The van der Waals surface area contributed by atoms with Gasteiger partial charge in [-0.15, -0.1) is 0 Å². The zero-order valence-electron chi connectivity index (χ0n) is 9.95. The normalized spacial score (nSPS) is 16.1. The van der Waals surface area contributed by atoms with Gasteiger partial charge in [0.05, 0.1) is 0 Å². The summed E-state index contributed by atoms with van der Waals surface area (Å²) in [5.74, 6) is -0.680. The molecule has 0 radical (unpaired) electrons. The van der Waals surface area contributed by atoms with Gasteiger partial charge in [0.1, 0.15) is 0 Å². The van der Waals surface area contributed by atoms with Gasteiger partial charge in [0.15, 0.2) is 0 Å². The standard InChI is InChI=1S/C9H16O2.C3H6O2/c10-9(11)7-6-8-4-2-1-3-5-8;1-2-3(4)5/h8H,1-7H2,(H,10,11);2H2,1H3,(H,4,5). The van der Waals surface area contributed by atoms with Crippen LogP contribution in [0.25, 0.3) is 0 Å². The molecule has 0 spiro atoms. The average molecular weight is 230 g/mol. The molecule has 0 atom stereocenters. The van der Waals surface area contributed by atoms with Crippen molar-refractivity contribution in [1.29, 1.82) is 0 Å². The third kappa shape index (κ3) is 9.49. The van der Waals surface area contributed by atoms with E-state index < -0.39 is 11.9 Å². The maximum atomic E-state index is 10.2. The van der Waals surface area contributed by atoms with Gasteiger partial charge in [0.25, 0.3) is 0 Å². The van der Waals surface area contributed by atoms with Crippen molar-refractivity contribution in [3.8, 4) is 0 Å². The highest BCUT2D eigenvalue weighted by molar-refractivity contribution is 5.66. The quantitative estimate of drug-likeness (QED) is 0.778. The fourth-order valence-electron chi connectivity index (χ4n) is 1.80. The van der Waals surface area contributed by atoms with Crippen LogP contribution < -0.4 is 0 Å². The Hall–Kier alpha value is -1.06. The highest BCUT2D eigenvalue weighted by Crippen LogP contribution is 2.26. The van der Waals surface area contributed by atoms with Gasteiger partial charge in [0.2, 0.25) is 0 Å². The van der Waals surface area contributed by atoms with E-state index >= 15 is 0 Å². The van der Waals surface area contributed by atoms with Gasteiger partial charge < -0.3 is 10.2 Å². The number of carboxylic acid groups (broad SMARTS) is 2. The molecule has 2 N–H and O–H groups in total. The molecule has 0 aromatic carbocycles. The summed E-state index contributed by atoms with van der Waals surface area (Å²) in [6.07, 6.45) is 7.97. The first-order valence-electron chi connectivity index (χ1n) is 5.99. The molecule has 0 bridgehead atoms. The number of carboxylic acids is 2. The van der Waals surface area contributed by atoms with Crippen molar-refractivity contribution in [2.75, 3.05) is 0 Å². The van der Waals surface area contributed by atoms with Crippen molar-refractivity contribution in [3.63, 3.8) is 0 Å². The Morgan fingerprint density at radius 3 is 1.94 bits per heavy atom. The molecular formula is C12H22O4. The molecule has 16 heavy (non-hydrogen) atoms. The fraction of sp³-hybridized carbons (Fsp3) is 0.833. The highest BCUT2D eigenvalue weighted by Gasteiger charge is 2.13. The number of hydrogen-bond donors (Lipinski definition) is 2. The van der Waals surface area contributed by atoms with E-state index in [4.69, 9.17) is 10.2 Å². The molecular weight excluding hydrogens is 208 g/mol. The second kappa shape index (κ2) is 9.19. The van der Waals surface area contributed by atoms with Crippen molar-refractivity contribution in [1.82, 2.24) is 0 Å². The van der Waals surface area contributed by atoms with Crippen LogP contribution in [0.4, 0.5) is 0 Å². The van der Waals surface area contributed by atoms with E-state index in [-0.39, 0.29) is 6.42 Å². The molecule has 0 saturated heterocycles. The maximum Gasteiger partial charge on any atom is 0.303 e. The largest absolute Gasteiger partial charge is 0.481 e. The van der Waals surface area contributed by atoms with Crippen molar-refractivity contribution in [2.45, 2.75) is 58.3 Å². The third-order valence-corrected chi connectivity index (χ3v) is 2.79. The zero-order chi connectivity index (χ0) is 12.4. The van der Waals surface area contributed by atoms with Crippen LogP contribution in [-0.4, -0.2) is 22.2 Å². The van der Waals surface area contributed by atoms with Crippen LogP contribution in [0.3, 0.4) is 0 Å². The maximum absolute atomic E-state index is 10.2. The van der Waals surface area contributed by atoms with Gasteiger partial charge in [-0.3, -0.25) is 9.59 Å². The number of carbonyl (C=O) groups is 2. The molecule has 0 amide bonds. The van der Waals surface area contributed by atoms with Crippen LogP contribution >= 0.6 is 0 Å². The van der Waals surface area contributed by atoms with E-state index in [2.05, 4.69) is 0 Å². The lowest BCUT2D eigenvalue weighted by Gasteiger charge is -2.20. The second-order valence-corrected chi connectivity index (χ2v) is 4.18. The molecule has 4 nitrogen and oxygen atoms in total. The molecule has 4 heteroatoms. The minimum Gasteiger partial charge on any atom is -0.481 e. The Morgan fingerprint density at radius 1 is 1.06 bits per heavy atom. The van der Waals surface area contributed by atoms with Gasteiger partial charge >= 0.3 is 11.9 Å². The molecule has 1 fully saturated rings. The zero-order valence-corrected chi connectivity index (χ0v) is 9.95. The Kier molecular flexibility index (Phi) is 8.58. The topological polar surface area (TPSA) is 74.6 Å². The van der Waals surface area contributed by atoms with Gasteiger partial charge in [-0.2, -0.15) is 0 Å². The Bertz CT molecular complexity index is 207.